The molecule has 2 aromatic heterocycles. The smallest absolute Gasteiger partial charge is 0.261 e. The van der Waals surface area contributed by atoms with E-state index in [0.29, 0.717) is 24.2 Å². The maximum Gasteiger partial charge on any atom is 0.261 e. The predicted molar refractivity (Wildman–Crippen MR) is 262 cm³/mol. The first-order chi connectivity index (χ1) is 30.0. The van der Waals surface area contributed by atoms with Crippen LogP contribution < -0.4 is 0 Å². The average molecular weight is 857 g/mol. The van der Waals surface area contributed by atoms with Crippen molar-refractivity contribution in [3.63, 3.8) is 0 Å². The number of carbonyl (C=O) groups is 2. The van der Waals surface area contributed by atoms with Crippen molar-refractivity contribution in [1.29, 1.82) is 0 Å². The number of amides is 2. The summed E-state index contributed by atoms with van der Waals surface area (Å²) in [5, 5.41) is 2.07. The molecule has 2 aromatic carbocycles. The first-order valence-electron chi connectivity index (χ1n) is 24.5. The van der Waals surface area contributed by atoms with E-state index in [9.17, 15) is 9.59 Å². The highest BCUT2D eigenvalue weighted by Gasteiger charge is 2.49. The van der Waals surface area contributed by atoms with Gasteiger partial charge < -0.3 is 9.80 Å². The van der Waals surface area contributed by atoms with E-state index in [-0.39, 0.29) is 17.2 Å². The lowest BCUT2D eigenvalue weighted by Gasteiger charge is -2.33. The van der Waals surface area contributed by atoms with Crippen molar-refractivity contribution in [3.8, 4) is 21.6 Å². The number of hydrogen-bond donors (Lipinski definition) is 0. The van der Waals surface area contributed by atoms with Crippen LogP contribution in [0.1, 0.15) is 190 Å². The third kappa shape index (κ3) is 9.76. The minimum absolute atomic E-state index is 0.00179. The summed E-state index contributed by atoms with van der Waals surface area (Å²) in [6.45, 7) is 10.4. The molecule has 4 nitrogen and oxygen atoms in total. The SMILES string of the molecule is CCCCCCCCN1C(=O)C2=C(c3ccc(-c4ccc5c(c4)C(CCCCCC)(CCCCCC)c4ccccc4-5)s3)N(CCCCCCCC)C(=O)C2=C1c1cccs1. The van der Waals surface area contributed by atoms with E-state index in [2.05, 4.69) is 93.7 Å². The normalized spacial score (nSPS) is 15.5. The molecule has 6 heteroatoms. The number of carbonyl (C=O) groups excluding carboxylic acids is 2. The van der Waals surface area contributed by atoms with Crippen molar-refractivity contribution in [2.75, 3.05) is 13.1 Å². The molecule has 3 aliphatic rings. The number of benzene rings is 2. The number of rotatable bonds is 27. The lowest BCUT2D eigenvalue weighted by atomic mass is 9.70. The molecule has 0 spiro atoms. The van der Waals surface area contributed by atoms with E-state index in [4.69, 9.17) is 0 Å². The summed E-state index contributed by atoms with van der Waals surface area (Å²) in [5.74, 6) is 0.00357. The van der Waals surface area contributed by atoms with Gasteiger partial charge in [-0.15, -0.1) is 22.7 Å². The fraction of sp³-hybridized carbons (Fsp3) is 0.527. The summed E-state index contributed by atoms with van der Waals surface area (Å²) in [5.41, 5.74) is 10.0. The summed E-state index contributed by atoms with van der Waals surface area (Å²) in [6, 6.07) is 25.1. The van der Waals surface area contributed by atoms with Crippen LogP contribution in [0.25, 0.3) is 33.0 Å². The zero-order valence-corrected chi connectivity index (χ0v) is 39.6. The standard InChI is InChI=1S/C55H72N2O2S2/c1-5-9-13-17-19-25-37-56-51(47-30-27-39-60-47)49-50(54(56)59)52(57(53(49)58)38-26-20-18-14-10-6-2)48-34-33-46(61-48)41-31-32-43-42-28-21-22-29-44(42)55(45(43)40-41,35-23-15-11-7-3)36-24-16-12-8-4/h21-22,27-34,39-40H,5-20,23-26,35-38H2,1-4H3. The van der Waals surface area contributed by atoms with Gasteiger partial charge in [0.2, 0.25) is 0 Å². The third-order valence-electron chi connectivity index (χ3n) is 13.7. The molecule has 0 atom stereocenters. The maximum absolute atomic E-state index is 14.9. The Morgan fingerprint density at radius 3 is 1.56 bits per heavy atom. The van der Waals surface area contributed by atoms with Crippen molar-refractivity contribution >= 4 is 45.9 Å². The molecular weight excluding hydrogens is 785 g/mol. The molecule has 2 aliphatic heterocycles. The van der Waals surface area contributed by atoms with Crippen LogP contribution in [0.4, 0.5) is 0 Å². The number of nitrogens with zero attached hydrogens (tertiary/aromatic N) is 2. The predicted octanol–water partition coefficient (Wildman–Crippen LogP) is 16.2. The number of hydrogen-bond acceptors (Lipinski definition) is 4. The van der Waals surface area contributed by atoms with Crippen LogP contribution in [0.2, 0.25) is 0 Å². The molecule has 0 radical (unpaired) electrons. The lowest BCUT2D eigenvalue weighted by molar-refractivity contribution is -0.124. The Bertz CT molecular complexity index is 2130. The third-order valence-corrected chi connectivity index (χ3v) is 15.7. The van der Waals surface area contributed by atoms with Gasteiger partial charge in [-0.2, -0.15) is 0 Å². The van der Waals surface area contributed by atoms with Crippen molar-refractivity contribution < 1.29 is 9.59 Å². The molecule has 0 saturated carbocycles. The fourth-order valence-electron chi connectivity index (χ4n) is 10.4. The van der Waals surface area contributed by atoms with Crippen LogP contribution in [-0.2, 0) is 15.0 Å². The second kappa shape index (κ2) is 22.1. The molecule has 4 aromatic rings. The number of unbranched alkanes of at least 4 members (excludes halogenated alkanes) is 16. The zero-order chi connectivity index (χ0) is 42.6. The summed E-state index contributed by atoms with van der Waals surface area (Å²) < 4.78 is 0. The molecule has 326 valence electrons. The second-order valence-electron chi connectivity index (χ2n) is 18.0. The maximum atomic E-state index is 14.9. The van der Waals surface area contributed by atoms with Gasteiger partial charge in [-0.05, 0) is 83.1 Å². The summed E-state index contributed by atoms with van der Waals surface area (Å²) in [7, 11) is 0. The lowest BCUT2D eigenvalue weighted by Crippen LogP contribution is -2.30. The minimum Gasteiger partial charge on any atom is -0.306 e. The van der Waals surface area contributed by atoms with Gasteiger partial charge >= 0.3 is 0 Å². The Hall–Kier alpha value is -3.74. The molecule has 7 rings (SSSR count). The molecular formula is C55H72N2O2S2. The molecule has 0 fully saturated rings. The second-order valence-corrected chi connectivity index (χ2v) is 20.1. The van der Waals surface area contributed by atoms with Gasteiger partial charge in [-0.3, -0.25) is 9.59 Å². The van der Waals surface area contributed by atoms with Gasteiger partial charge in [-0.1, -0.05) is 186 Å². The zero-order valence-electron chi connectivity index (χ0n) is 37.9. The van der Waals surface area contributed by atoms with Crippen LogP contribution in [0, 0.1) is 0 Å². The average Bonchev–Trinajstić information content (AvgIpc) is 4.12. The molecule has 0 bridgehead atoms. The topological polar surface area (TPSA) is 40.6 Å². The summed E-state index contributed by atoms with van der Waals surface area (Å²) in [6.07, 6.45) is 26.4. The van der Waals surface area contributed by atoms with E-state index < -0.39 is 0 Å². The molecule has 61 heavy (non-hydrogen) atoms. The number of thiophene rings is 2. The molecule has 0 saturated heterocycles. The Balaban J connectivity index is 1.26. The van der Waals surface area contributed by atoms with E-state index in [0.717, 1.165) is 46.8 Å². The van der Waals surface area contributed by atoms with Crippen molar-refractivity contribution in [3.05, 3.63) is 104 Å². The van der Waals surface area contributed by atoms with Gasteiger partial charge in [0.1, 0.15) is 0 Å². The molecule has 4 heterocycles. The van der Waals surface area contributed by atoms with E-state index in [1.807, 2.05) is 15.9 Å². The van der Waals surface area contributed by atoms with Crippen LogP contribution in [0.15, 0.2) is 83.3 Å². The minimum atomic E-state index is 0.00179. The highest BCUT2D eigenvalue weighted by Crippen LogP contribution is 2.56. The van der Waals surface area contributed by atoms with E-state index >= 15 is 0 Å². The molecule has 0 unspecified atom stereocenters. The number of fused-ring (bicyclic) bond motifs is 4. The first kappa shape index (κ1) is 45.3. The van der Waals surface area contributed by atoms with Crippen LogP contribution in [0.5, 0.6) is 0 Å². The van der Waals surface area contributed by atoms with Gasteiger partial charge in [-0.25, -0.2) is 0 Å². The van der Waals surface area contributed by atoms with Gasteiger partial charge in [0.15, 0.2) is 0 Å². The monoisotopic (exact) mass is 857 g/mol. The highest BCUT2D eigenvalue weighted by atomic mass is 32.1. The molecule has 0 N–H and O–H groups in total. The summed E-state index contributed by atoms with van der Waals surface area (Å²) in [4.78, 5) is 36.9. The Kier molecular flexibility index (Phi) is 16.4. The van der Waals surface area contributed by atoms with Crippen LogP contribution in [0.3, 0.4) is 0 Å². The fourth-order valence-corrected chi connectivity index (χ4v) is 12.3. The van der Waals surface area contributed by atoms with E-state index in [1.54, 1.807) is 22.7 Å². The Morgan fingerprint density at radius 1 is 0.475 bits per heavy atom. The molecule has 1 aliphatic carbocycles. The first-order valence-corrected chi connectivity index (χ1v) is 26.2. The van der Waals surface area contributed by atoms with Crippen LogP contribution >= 0.6 is 22.7 Å². The molecule has 2 amide bonds. The van der Waals surface area contributed by atoms with Crippen molar-refractivity contribution in [2.45, 2.75) is 174 Å². The van der Waals surface area contributed by atoms with E-state index in [1.165, 1.54) is 148 Å². The largest absolute Gasteiger partial charge is 0.306 e. The quantitative estimate of drug-likeness (QED) is 0.0561. The van der Waals surface area contributed by atoms with Gasteiger partial charge in [0, 0.05) is 23.4 Å². The van der Waals surface area contributed by atoms with Crippen LogP contribution in [-0.4, -0.2) is 34.7 Å². The Morgan fingerprint density at radius 2 is 0.984 bits per heavy atom. The Labute approximate surface area is 376 Å². The van der Waals surface area contributed by atoms with Crippen molar-refractivity contribution in [2.24, 2.45) is 0 Å². The van der Waals surface area contributed by atoms with Crippen molar-refractivity contribution in [1.82, 2.24) is 9.80 Å². The summed E-state index contributed by atoms with van der Waals surface area (Å²) >= 11 is 3.39. The van der Waals surface area contributed by atoms with Gasteiger partial charge in [0.25, 0.3) is 11.8 Å². The highest BCUT2D eigenvalue weighted by molar-refractivity contribution is 7.16. The van der Waals surface area contributed by atoms with Gasteiger partial charge in [0.05, 0.1) is 32.3 Å².